The number of nitrogens with zero attached hydrogens (tertiary/aromatic N) is 2. The summed E-state index contributed by atoms with van der Waals surface area (Å²) in [5, 5.41) is 0. The van der Waals surface area contributed by atoms with Crippen LogP contribution in [-0.4, -0.2) is 30.7 Å². The van der Waals surface area contributed by atoms with Crippen LogP contribution in [0.25, 0.3) is 0 Å². The molecule has 2 aromatic rings. The zero-order chi connectivity index (χ0) is 21.5. The Morgan fingerprint density at radius 2 is 1.83 bits per heavy atom. The lowest BCUT2D eigenvalue weighted by atomic mass is 9.84. The summed E-state index contributed by atoms with van der Waals surface area (Å²) in [5.74, 6) is 0.320. The molecule has 1 aliphatic heterocycles. The Morgan fingerprint density at radius 3 is 2.43 bits per heavy atom. The highest BCUT2D eigenvalue weighted by Crippen LogP contribution is 2.38. The first kappa shape index (κ1) is 21.1. The van der Waals surface area contributed by atoms with E-state index in [-0.39, 0.29) is 23.9 Å². The molecule has 0 spiro atoms. The third-order valence-corrected chi connectivity index (χ3v) is 8.34. The number of fused-ring (bicyclic) bond motifs is 1. The van der Waals surface area contributed by atoms with Crippen molar-refractivity contribution in [2.45, 2.75) is 70.0 Å². The summed E-state index contributed by atoms with van der Waals surface area (Å²) in [6, 6.07) is 14.8. The van der Waals surface area contributed by atoms with Crippen LogP contribution in [0.3, 0.4) is 0 Å². The monoisotopic (exact) mass is 426 g/mol. The highest BCUT2D eigenvalue weighted by atomic mass is 32.2. The second kappa shape index (κ2) is 8.16. The minimum atomic E-state index is -3.66. The van der Waals surface area contributed by atoms with Gasteiger partial charge in [-0.15, -0.1) is 0 Å². The number of sulfonamides is 1. The molecule has 1 heterocycles. The Hall–Kier alpha value is -2.18. The van der Waals surface area contributed by atoms with Gasteiger partial charge in [0.25, 0.3) is 0 Å². The largest absolute Gasteiger partial charge is 0.309 e. The van der Waals surface area contributed by atoms with Crippen LogP contribution in [0.2, 0.25) is 0 Å². The maximum atomic E-state index is 13.5. The Labute approximate surface area is 179 Å². The van der Waals surface area contributed by atoms with Gasteiger partial charge in [0.2, 0.25) is 15.9 Å². The van der Waals surface area contributed by atoms with Gasteiger partial charge in [0.1, 0.15) is 0 Å². The smallest absolute Gasteiger partial charge is 0.243 e. The molecule has 1 amide bonds. The summed E-state index contributed by atoms with van der Waals surface area (Å²) in [6.45, 7) is 6.17. The quantitative estimate of drug-likeness (QED) is 0.689. The van der Waals surface area contributed by atoms with Crippen LogP contribution in [0.15, 0.2) is 53.4 Å². The van der Waals surface area contributed by atoms with Crippen LogP contribution in [0.4, 0.5) is 5.69 Å². The molecule has 30 heavy (non-hydrogen) atoms. The van der Waals surface area contributed by atoms with Crippen molar-refractivity contribution in [3.05, 3.63) is 59.7 Å². The number of carbonyl (C=O) groups excluding carboxylic acids is 1. The fraction of sp³-hybridized carbons (Fsp3) is 0.458. The molecule has 0 radical (unpaired) electrons. The molecule has 0 unspecified atom stereocenters. The highest BCUT2D eigenvalue weighted by molar-refractivity contribution is 7.89. The van der Waals surface area contributed by atoms with Gasteiger partial charge in [-0.05, 0) is 69.4 Å². The van der Waals surface area contributed by atoms with Crippen molar-refractivity contribution in [3.63, 3.8) is 0 Å². The van der Waals surface area contributed by atoms with Gasteiger partial charge in [-0.3, -0.25) is 4.79 Å². The molecule has 6 heteroatoms. The van der Waals surface area contributed by atoms with E-state index in [4.69, 9.17) is 0 Å². The Morgan fingerprint density at radius 1 is 1.13 bits per heavy atom. The molecule has 1 atom stereocenters. The molecule has 2 aliphatic rings. The third-order valence-electron chi connectivity index (χ3n) is 6.32. The fourth-order valence-electron chi connectivity index (χ4n) is 4.40. The number of hydrogen-bond donors (Lipinski definition) is 0. The van der Waals surface area contributed by atoms with Crippen LogP contribution >= 0.6 is 0 Å². The van der Waals surface area contributed by atoms with Gasteiger partial charge in [0, 0.05) is 30.2 Å². The number of anilines is 1. The second-order valence-corrected chi connectivity index (χ2v) is 10.7. The van der Waals surface area contributed by atoms with Crippen molar-refractivity contribution >= 4 is 21.6 Å². The first-order valence-electron chi connectivity index (χ1n) is 10.8. The summed E-state index contributed by atoms with van der Waals surface area (Å²) in [6.07, 6.45) is 3.74. The Kier molecular flexibility index (Phi) is 5.73. The minimum Gasteiger partial charge on any atom is -0.309 e. The lowest BCUT2D eigenvalue weighted by Gasteiger charge is -2.32. The lowest BCUT2D eigenvalue weighted by Crippen LogP contribution is -2.42. The fourth-order valence-corrected chi connectivity index (χ4v) is 6.08. The van der Waals surface area contributed by atoms with Crippen molar-refractivity contribution in [3.8, 4) is 0 Å². The van der Waals surface area contributed by atoms with Gasteiger partial charge >= 0.3 is 0 Å². The van der Waals surface area contributed by atoms with Crippen LogP contribution in [0, 0.1) is 5.92 Å². The molecule has 1 saturated carbocycles. The summed E-state index contributed by atoms with van der Waals surface area (Å²) in [5.41, 5.74) is 2.78. The molecule has 5 nitrogen and oxygen atoms in total. The van der Waals surface area contributed by atoms with Gasteiger partial charge in [0.15, 0.2) is 0 Å². The lowest BCUT2D eigenvalue weighted by molar-refractivity contribution is -0.125. The zero-order valence-electron chi connectivity index (χ0n) is 17.9. The minimum absolute atomic E-state index is 0.0663. The summed E-state index contributed by atoms with van der Waals surface area (Å²) in [7, 11) is -3.66. The average molecular weight is 427 g/mol. The maximum Gasteiger partial charge on any atom is 0.243 e. The summed E-state index contributed by atoms with van der Waals surface area (Å²) < 4.78 is 28.5. The SMILES string of the molecule is CC(C)N(Cc1ccccc1)S(=O)(=O)c1ccc2c(c1)C[C@H](C)N2C(=O)C1CCC1. The zero-order valence-corrected chi connectivity index (χ0v) is 18.7. The molecule has 1 aliphatic carbocycles. The van der Waals surface area contributed by atoms with E-state index < -0.39 is 10.0 Å². The Balaban J connectivity index is 1.63. The molecule has 0 aromatic heterocycles. The van der Waals surface area contributed by atoms with E-state index in [1.807, 2.05) is 62.1 Å². The van der Waals surface area contributed by atoms with Crippen molar-refractivity contribution in [1.82, 2.24) is 4.31 Å². The number of amides is 1. The van der Waals surface area contributed by atoms with Gasteiger partial charge in [-0.25, -0.2) is 8.42 Å². The van der Waals surface area contributed by atoms with Crippen LogP contribution in [-0.2, 0) is 27.8 Å². The third kappa shape index (κ3) is 3.79. The van der Waals surface area contributed by atoms with Crippen LogP contribution < -0.4 is 4.90 Å². The summed E-state index contributed by atoms with van der Waals surface area (Å²) in [4.78, 5) is 15.1. The first-order valence-corrected chi connectivity index (χ1v) is 12.2. The van der Waals surface area contributed by atoms with Crippen LogP contribution in [0.1, 0.15) is 51.2 Å². The van der Waals surface area contributed by atoms with E-state index in [1.165, 1.54) is 0 Å². The van der Waals surface area contributed by atoms with Gasteiger partial charge in [0.05, 0.1) is 4.90 Å². The maximum absolute atomic E-state index is 13.5. The Bertz CT molecular complexity index is 1030. The average Bonchev–Trinajstić information content (AvgIpc) is 3.00. The van der Waals surface area contributed by atoms with E-state index in [0.29, 0.717) is 17.9 Å². The predicted octanol–water partition coefficient (Wildman–Crippen LogP) is 4.36. The number of rotatable bonds is 6. The molecule has 0 saturated heterocycles. The second-order valence-electron chi connectivity index (χ2n) is 8.81. The molecule has 0 N–H and O–H groups in total. The first-order chi connectivity index (χ1) is 14.3. The molecular weight excluding hydrogens is 396 g/mol. The van der Waals surface area contributed by atoms with E-state index in [2.05, 4.69) is 0 Å². The van der Waals surface area contributed by atoms with E-state index >= 15 is 0 Å². The normalized spacial score (nSPS) is 19.2. The van der Waals surface area contributed by atoms with Crippen molar-refractivity contribution in [2.24, 2.45) is 5.92 Å². The standard InChI is InChI=1S/C24H30N2O3S/c1-17(2)25(16-19-8-5-4-6-9-19)30(28,29)22-12-13-23-21(15-22)14-18(3)26(23)24(27)20-10-7-11-20/h4-6,8-9,12-13,15,17-18,20H,7,10-11,14,16H2,1-3H3/t18-/m0/s1. The topological polar surface area (TPSA) is 57.7 Å². The van der Waals surface area contributed by atoms with E-state index in [9.17, 15) is 13.2 Å². The number of carbonyl (C=O) groups is 1. The molecule has 160 valence electrons. The molecule has 0 bridgehead atoms. The van der Waals surface area contributed by atoms with Crippen molar-refractivity contribution < 1.29 is 13.2 Å². The van der Waals surface area contributed by atoms with Gasteiger partial charge in [-0.2, -0.15) is 4.31 Å². The van der Waals surface area contributed by atoms with Crippen LogP contribution in [0.5, 0.6) is 0 Å². The summed E-state index contributed by atoms with van der Waals surface area (Å²) >= 11 is 0. The van der Waals surface area contributed by atoms with Crippen molar-refractivity contribution in [1.29, 1.82) is 0 Å². The van der Waals surface area contributed by atoms with Gasteiger partial charge in [-0.1, -0.05) is 36.8 Å². The number of hydrogen-bond acceptors (Lipinski definition) is 3. The molecular formula is C24H30N2O3S. The van der Waals surface area contributed by atoms with Crippen molar-refractivity contribution in [2.75, 3.05) is 4.90 Å². The molecule has 1 fully saturated rings. The van der Waals surface area contributed by atoms with E-state index in [1.54, 1.807) is 16.4 Å². The van der Waals surface area contributed by atoms with E-state index in [0.717, 1.165) is 36.1 Å². The van der Waals surface area contributed by atoms with Gasteiger partial charge < -0.3 is 4.90 Å². The highest BCUT2D eigenvalue weighted by Gasteiger charge is 2.38. The molecule has 2 aromatic carbocycles. The predicted molar refractivity (Wildman–Crippen MR) is 119 cm³/mol. The molecule has 4 rings (SSSR count). The number of benzene rings is 2.